The van der Waals surface area contributed by atoms with Crippen molar-refractivity contribution in [1.82, 2.24) is 0 Å². The van der Waals surface area contributed by atoms with Crippen LogP contribution in [0.5, 0.6) is 0 Å². The van der Waals surface area contributed by atoms with Crippen molar-refractivity contribution in [2.24, 2.45) is 0 Å². The highest BCUT2D eigenvalue weighted by Crippen LogP contribution is 2.37. The predicted molar refractivity (Wildman–Crippen MR) is 67.0 cm³/mol. The van der Waals surface area contributed by atoms with Crippen molar-refractivity contribution < 1.29 is 54.9 Å². The van der Waals surface area contributed by atoms with Gasteiger partial charge < -0.3 is 18.9 Å². The number of hydrogen-bond donors (Lipinski definition) is 0. The van der Waals surface area contributed by atoms with Gasteiger partial charge >= 0.3 is 24.3 Å². The van der Waals surface area contributed by atoms with Gasteiger partial charge in [0.15, 0.2) is 6.29 Å². The van der Waals surface area contributed by atoms with E-state index in [0.29, 0.717) is 0 Å². The van der Waals surface area contributed by atoms with Crippen molar-refractivity contribution in [3.05, 3.63) is 12.2 Å². The molecule has 1 aliphatic heterocycles. The average molecular weight is 380 g/mol. The summed E-state index contributed by atoms with van der Waals surface area (Å²) in [6, 6.07) is 0. The molecule has 0 unspecified atom stereocenters. The number of rotatable bonds is 5. The van der Waals surface area contributed by atoms with E-state index < -0.39 is 55.5 Å². The zero-order chi connectivity index (χ0) is 19.4. The van der Waals surface area contributed by atoms with Crippen LogP contribution in [0, 0.1) is 0 Å². The maximum absolute atomic E-state index is 12.5. The molecule has 0 amide bonds. The molecule has 1 rings (SSSR count). The Kier molecular flexibility index (Phi) is 6.82. The van der Waals surface area contributed by atoms with Gasteiger partial charge in [-0.3, -0.25) is 9.59 Å². The normalized spacial score (nSPS) is 24.3. The van der Waals surface area contributed by atoms with Crippen LogP contribution in [0.3, 0.4) is 0 Å². The Morgan fingerprint density at radius 3 is 2.04 bits per heavy atom. The number of halogens is 6. The third-order valence-electron chi connectivity index (χ3n) is 2.75. The van der Waals surface area contributed by atoms with Crippen molar-refractivity contribution >= 4 is 11.9 Å². The van der Waals surface area contributed by atoms with E-state index in [0.717, 1.165) is 26.0 Å². The molecule has 12 heteroatoms. The second-order valence-electron chi connectivity index (χ2n) is 4.90. The van der Waals surface area contributed by atoms with Gasteiger partial charge in [-0.1, -0.05) is 0 Å². The largest absolute Gasteiger partial charge is 0.463 e. The number of hydrogen-bond acceptors (Lipinski definition) is 6. The van der Waals surface area contributed by atoms with Gasteiger partial charge in [0.1, 0.15) is 18.8 Å². The molecule has 1 aliphatic rings. The number of ether oxygens (including phenoxy) is 4. The SMILES string of the molecule is CC(=O)OC[C@H]1O[C@H](OC(C(F)(F)F)C(F)(F)F)C=C[C@@H]1OC(C)=O. The van der Waals surface area contributed by atoms with E-state index in [2.05, 4.69) is 9.47 Å². The fourth-order valence-electron chi connectivity index (χ4n) is 1.81. The lowest BCUT2D eigenvalue weighted by atomic mass is 10.1. The van der Waals surface area contributed by atoms with Crippen molar-refractivity contribution in [1.29, 1.82) is 0 Å². The van der Waals surface area contributed by atoms with E-state index in [-0.39, 0.29) is 0 Å². The third-order valence-corrected chi connectivity index (χ3v) is 2.75. The molecular weight excluding hydrogens is 366 g/mol. The summed E-state index contributed by atoms with van der Waals surface area (Å²) in [5, 5.41) is 0. The summed E-state index contributed by atoms with van der Waals surface area (Å²) in [5.41, 5.74) is 0. The van der Waals surface area contributed by atoms with Gasteiger partial charge in [-0.2, -0.15) is 26.3 Å². The first-order valence-corrected chi connectivity index (χ1v) is 6.74. The minimum atomic E-state index is -5.71. The second-order valence-corrected chi connectivity index (χ2v) is 4.90. The molecule has 144 valence electrons. The van der Waals surface area contributed by atoms with Crippen molar-refractivity contribution in [2.75, 3.05) is 6.61 Å². The average Bonchev–Trinajstić information content (AvgIpc) is 2.41. The lowest BCUT2D eigenvalue weighted by Gasteiger charge is -2.33. The number of carbonyl (C=O) groups excluding carboxylic acids is 2. The molecule has 0 saturated carbocycles. The zero-order valence-electron chi connectivity index (χ0n) is 12.9. The molecule has 0 aliphatic carbocycles. The first-order valence-electron chi connectivity index (χ1n) is 6.74. The van der Waals surface area contributed by atoms with E-state index in [1.165, 1.54) is 0 Å². The molecule has 0 spiro atoms. The zero-order valence-corrected chi connectivity index (χ0v) is 12.9. The highest BCUT2D eigenvalue weighted by molar-refractivity contribution is 5.66. The van der Waals surface area contributed by atoms with Crippen LogP contribution in [-0.4, -0.2) is 55.5 Å². The van der Waals surface area contributed by atoms with Crippen LogP contribution >= 0.6 is 0 Å². The van der Waals surface area contributed by atoms with Crippen LogP contribution in [0.15, 0.2) is 12.2 Å². The molecule has 0 aromatic rings. The highest BCUT2D eigenvalue weighted by atomic mass is 19.4. The summed E-state index contributed by atoms with van der Waals surface area (Å²) in [6.45, 7) is 1.49. The smallest absolute Gasteiger partial charge is 0.423 e. The predicted octanol–water partition coefficient (Wildman–Crippen LogP) is 2.27. The van der Waals surface area contributed by atoms with Gasteiger partial charge in [0.25, 0.3) is 6.10 Å². The topological polar surface area (TPSA) is 71.1 Å². The van der Waals surface area contributed by atoms with E-state index in [4.69, 9.17) is 9.47 Å². The van der Waals surface area contributed by atoms with Crippen LogP contribution in [0.2, 0.25) is 0 Å². The Hall–Kier alpha value is -1.82. The summed E-state index contributed by atoms with van der Waals surface area (Å²) in [7, 11) is 0. The number of alkyl halides is 6. The Morgan fingerprint density at radius 2 is 1.60 bits per heavy atom. The van der Waals surface area contributed by atoms with Gasteiger partial charge in [0.05, 0.1) is 0 Å². The van der Waals surface area contributed by atoms with Crippen molar-refractivity contribution in [3.63, 3.8) is 0 Å². The monoisotopic (exact) mass is 380 g/mol. The van der Waals surface area contributed by atoms with Crippen LogP contribution in [0.1, 0.15) is 13.8 Å². The first kappa shape index (κ1) is 21.2. The van der Waals surface area contributed by atoms with Crippen LogP contribution in [0.25, 0.3) is 0 Å². The molecular formula is C13H14F6O6. The Bertz CT molecular complexity index is 500. The Balaban J connectivity index is 2.90. The lowest BCUT2D eigenvalue weighted by molar-refractivity contribution is -0.352. The third kappa shape index (κ3) is 6.90. The molecule has 25 heavy (non-hydrogen) atoms. The molecule has 6 nitrogen and oxygen atoms in total. The standard InChI is InChI=1S/C13H14F6O6/c1-6(20)22-5-9-8(23-7(2)21)3-4-10(24-9)25-11(12(14,15)16)13(17,18)19/h3-4,8-11H,5H2,1-2H3/t8-,9+,10+/m0/s1. The van der Waals surface area contributed by atoms with Gasteiger partial charge in [-0.25, -0.2) is 0 Å². The molecule has 1 heterocycles. The minimum Gasteiger partial charge on any atom is -0.463 e. The quantitative estimate of drug-likeness (QED) is 0.414. The van der Waals surface area contributed by atoms with Gasteiger partial charge in [-0.05, 0) is 12.2 Å². The van der Waals surface area contributed by atoms with Crippen LogP contribution < -0.4 is 0 Å². The number of esters is 2. The molecule has 0 bridgehead atoms. The van der Waals surface area contributed by atoms with E-state index >= 15 is 0 Å². The summed E-state index contributed by atoms with van der Waals surface area (Å²) in [4.78, 5) is 21.8. The van der Waals surface area contributed by atoms with Gasteiger partial charge in [-0.15, -0.1) is 0 Å². The fraction of sp³-hybridized carbons (Fsp3) is 0.692. The fourth-order valence-corrected chi connectivity index (χ4v) is 1.81. The molecule has 0 aromatic carbocycles. The number of carbonyl (C=O) groups is 2. The molecule has 0 N–H and O–H groups in total. The summed E-state index contributed by atoms with van der Waals surface area (Å²) >= 11 is 0. The molecule has 0 saturated heterocycles. The van der Waals surface area contributed by atoms with E-state index in [1.54, 1.807) is 0 Å². The van der Waals surface area contributed by atoms with E-state index in [1.807, 2.05) is 0 Å². The summed E-state index contributed by atoms with van der Waals surface area (Å²) in [6.07, 6.45) is -18.3. The first-order chi connectivity index (χ1) is 11.3. The van der Waals surface area contributed by atoms with Gasteiger partial charge in [0.2, 0.25) is 0 Å². The Morgan fingerprint density at radius 1 is 1.04 bits per heavy atom. The molecule has 3 atom stereocenters. The van der Waals surface area contributed by atoms with Gasteiger partial charge in [0, 0.05) is 13.8 Å². The second kappa shape index (κ2) is 8.04. The maximum Gasteiger partial charge on any atom is 0.423 e. The molecule has 0 fully saturated rings. The Labute approximate surface area is 137 Å². The van der Waals surface area contributed by atoms with E-state index in [9.17, 15) is 35.9 Å². The summed E-state index contributed by atoms with van der Waals surface area (Å²) in [5.74, 6) is -1.56. The van der Waals surface area contributed by atoms with Crippen LogP contribution in [-0.2, 0) is 28.5 Å². The maximum atomic E-state index is 12.5. The highest BCUT2D eigenvalue weighted by Gasteiger charge is 2.59. The minimum absolute atomic E-state index is 0.569. The summed E-state index contributed by atoms with van der Waals surface area (Å²) < 4.78 is 93.3. The van der Waals surface area contributed by atoms with Crippen molar-refractivity contribution in [2.45, 2.75) is 50.8 Å². The molecule has 0 aromatic heterocycles. The van der Waals surface area contributed by atoms with Crippen LogP contribution in [0.4, 0.5) is 26.3 Å². The molecule has 0 radical (unpaired) electrons. The van der Waals surface area contributed by atoms with Crippen molar-refractivity contribution in [3.8, 4) is 0 Å². The lowest BCUT2D eigenvalue weighted by Crippen LogP contribution is -2.49.